The molecule has 0 spiro atoms. The lowest BCUT2D eigenvalue weighted by atomic mass is 10.1. The van der Waals surface area contributed by atoms with Gasteiger partial charge in [0.1, 0.15) is 0 Å². The molecule has 0 aromatic heterocycles. The number of nitrogens with zero attached hydrogens (tertiary/aromatic N) is 1. The quantitative estimate of drug-likeness (QED) is 0.563. The van der Waals surface area contributed by atoms with Gasteiger partial charge in [-0.3, -0.25) is 4.90 Å². The second-order valence-electron chi connectivity index (χ2n) is 3.98. The summed E-state index contributed by atoms with van der Waals surface area (Å²) in [5.41, 5.74) is 8.07. The van der Waals surface area contributed by atoms with Gasteiger partial charge in [-0.15, -0.1) is 6.58 Å². The molecule has 1 aromatic rings. The summed E-state index contributed by atoms with van der Waals surface area (Å²) in [6.07, 6.45) is 4.16. The van der Waals surface area contributed by atoms with Gasteiger partial charge >= 0.3 is 0 Å². The van der Waals surface area contributed by atoms with E-state index in [-0.39, 0.29) is 0 Å². The molecule has 1 aromatic carbocycles. The zero-order valence-corrected chi connectivity index (χ0v) is 10.2. The van der Waals surface area contributed by atoms with E-state index < -0.39 is 0 Å². The molecule has 0 atom stereocenters. The minimum Gasteiger partial charge on any atom is -0.399 e. The Hall–Kier alpha value is -1.28. The predicted molar refractivity (Wildman–Crippen MR) is 71.5 cm³/mol. The Morgan fingerprint density at radius 2 is 2.12 bits per heavy atom. The topological polar surface area (TPSA) is 29.3 Å². The zero-order valence-electron chi connectivity index (χ0n) is 10.2. The molecular formula is C14H22N2. The molecule has 16 heavy (non-hydrogen) atoms. The van der Waals surface area contributed by atoms with E-state index >= 15 is 0 Å². The average molecular weight is 218 g/mol. The van der Waals surface area contributed by atoms with Crippen molar-refractivity contribution < 1.29 is 0 Å². The molecule has 0 saturated heterocycles. The van der Waals surface area contributed by atoms with Crippen LogP contribution in [0.4, 0.5) is 5.69 Å². The van der Waals surface area contributed by atoms with Crippen LogP contribution >= 0.6 is 0 Å². The van der Waals surface area contributed by atoms with Crippen LogP contribution in [0.25, 0.3) is 0 Å². The molecule has 0 aliphatic heterocycles. The highest BCUT2D eigenvalue weighted by Gasteiger charge is 2.01. The third kappa shape index (κ3) is 4.07. The summed E-state index contributed by atoms with van der Waals surface area (Å²) in [6, 6.07) is 8.11. The van der Waals surface area contributed by atoms with Crippen LogP contribution in [-0.2, 0) is 6.42 Å². The van der Waals surface area contributed by atoms with Gasteiger partial charge in [-0.1, -0.05) is 31.2 Å². The lowest BCUT2D eigenvalue weighted by molar-refractivity contribution is 0.315. The summed E-state index contributed by atoms with van der Waals surface area (Å²) in [4.78, 5) is 2.38. The summed E-state index contributed by atoms with van der Waals surface area (Å²) in [5.74, 6) is 0. The highest BCUT2D eigenvalue weighted by Crippen LogP contribution is 2.12. The van der Waals surface area contributed by atoms with Crippen molar-refractivity contribution in [3.8, 4) is 0 Å². The molecule has 0 heterocycles. The Morgan fingerprint density at radius 1 is 1.38 bits per heavy atom. The lowest BCUT2D eigenvalue weighted by Gasteiger charge is -2.18. The van der Waals surface area contributed by atoms with Crippen molar-refractivity contribution >= 4 is 5.69 Å². The summed E-state index contributed by atoms with van der Waals surface area (Å²) in [7, 11) is 0. The van der Waals surface area contributed by atoms with Crippen LogP contribution in [0.3, 0.4) is 0 Å². The number of nitrogens with two attached hydrogens (primary N) is 1. The number of hydrogen-bond donors (Lipinski definition) is 1. The van der Waals surface area contributed by atoms with E-state index in [1.54, 1.807) is 0 Å². The fourth-order valence-corrected chi connectivity index (χ4v) is 1.82. The summed E-state index contributed by atoms with van der Waals surface area (Å²) < 4.78 is 0. The maximum absolute atomic E-state index is 5.90. The van der Waals surface area contributed by atoms with Gasteiger partial charge in [0.05, 0.1) is 0 Å². The van der Waals surface area contributed by atoms with Crippen molar-refractivity contribution in [2.75, 3.05) is 25.4 Å². The molecule has 0 radical (unpaired) electrons. The molecule has 0 amide bonds. The first-order valence-corrected chi connectivity index (χ1v) is 5.94. The Morgan fingerprint density at radius 3 is 2.75 bits per heavy atom. The molecular weight excluding hydrogens is 196 g/mol. The molecule has 0 saturated carbocycles. The van der Waals surface area contributed by atoms with Gasteiger partial charge in [0, 0.05) is 12.2 Å². The summed E-state index contributed by atoms with van der Waals surface area (Å²) >= 11 is 0. The van der Waals surface area contributed by atoms with Crippen molar-refractivity contribution in [3.63, 3.8) is 0 Å². The van der Waals surface area contributed by atoms with Gasteiger partial charge in [-0.05, 0) is 37.6 Å². The van der Waals surface area contributed by atoms with Crippen molar-refractivity contribution in [3.05, 3.63) is 42.5 Å². The minimum absolute atomic E-state index is 0.911. The minimum atomic E-state index is 0.911. The van der Waals surface area contributed by atoms with Crippen molar-refractivity contribution in [2.24, 2.45) is 0 Å². The lowest BCUT2D eigenvalue weighted by Crippen LogP contribution is -2.24. The molecule has 2 nitrogen and oxygen atoms in total. The van der Waals surface area contributed by atoms with E-state index in [1.165, 1.54) is 5.56 Å². The number of para-hydroxylation sites is 1. The maximum atomic E-state index is 5.90. The zero-order chi connectivity index (χ0) is 11.8. The Kier molecular flexibility index (Phi) is 5.65. The van der Waals surface area contributed by atoms with Crippen LogP contribution in [0.5, 0.6) is 0 Å². The number of rotatable bonds is 7. The molecule has 0 aliphatic rings. The monoisotopic (exact) mass is 218 g/mol. The number of likely N-dealkylation sites (N-methyl/N-ethyl adjacent to an activating group) is 1. The third-order valence-electron chi connectivity index (χ3n) is 2.81. The highest BCUT2D eigenvalue weighted by molar-refractivity contribution is 5.46. The molecule has 0 fully saturated rings. The smallest absolute Gasteiger partial charge is 0.0346 e. The number of nitrogen functional groups attached to an aromatic ring is 1. The largest absolute Gasteiger partial charge is 0.399 e. The first kappa shape index (κ1) is 12.8. The molecule has 88 valence electrons. The average Bonchev–Trinajstić information content (AvgIpc) is 2.30. The fraction of sp³-hybridized carbons (Fsp3) is 0.429. The standard InChI is InChI=1S/C14H22N2/c1-3-11-16(4-2)12-7-9-13-8-5-6-10-14(13)15/h3,5-6,8,10H,1,4,7,9,11-12,15H2,2H3. The first-order valence-electron chi connectivity index (χ1n) is 5.94. The van der Waals surface area contributed by atoms with Crippen molar-refractivity contribution in [2.45, 2.75) is 19.8 Å². The molecule has 0 unspecified atom stereocenters. The van der Waals surface area contributed by atoms with Gasteiger partial charge in [0.2, 0.25) is 0 Å². The SMILES string of the molecule is C=CCN(CC)CCCc1ccccc1N. The fourth-order valence-electron chi connectivity index (χ4n) is 1.82. The van der Waals surface area contributed by atoms with Crippen molar-refractivity contribution in [1.82, 2.24) is 4.90 Å². The van der Waals surface area contributed by atoms with E-state index in [4.69, 9.17) is 5.73 Å². The van der Waals surface area contributed by atoms with E-state index in [2.05, 4.69) is 24.5 Å². The van der Waals surface area contributed by atoms with E-state index in [0.29, 0.717) is 0 Å². The highest BCUT2D eigenvalue weighted by atomic mass is 15.1. The van der Waals surface area contributed by atoms with Gasteiger partial charge in [-0.2, -0.15) is 0 Å². The number of benzene rings is 1. The third-order valence-corrected chi connectivity index (χ3v) is 2.81. The van der Waals surface area contributed by atoms with Crippen LogP contribution in [0.2, 0.25) is 0 Å². The van der Waals surface area contributed by atoms with Gasteiger partial charge in [0.25, 0.3) is 0 Å². The van der Waals surface area contributed by atoms with Crippen LogP contribution in [-0.4, -0.2) is 24.5 Å². The maximum Gasteiger partial charge on any atom is 0.0346 e. The molecule has 0 bridgehead atoms. The second kappa shape index (κ2) is 7.07. The normalized spacial score (nSPS) is 10.6. The van der Waals surface area contributed by atoms with Gasteiger partial charge < -0.3 is 5.73 Å². The Bertz CT molecular complexity index is 320. The van der Waals surface area contributed by atoms with Crippen LogP contribution in [0.1, 0.15) is 18.9 Å². The van der Waals surface area contributed by atoms with Crippen LogP contribution in [0, 0.1) is 0 Å². The molecule has 2 heteroatoms. The summed E-state index contributed by atoms with van der Waals surface area (Å²) in [5, 5.41) is 0. The van der Waals surface area contributed by atoms with E-state index in [1.807, 2.05) is 24.3 Å². The van der Waals surface area contributed by atoms with Gasteiger partial charge in [0.15, 0.2) is 0 Å². The Balaban J connectivity index is 2.35. The van der Waals surface area contributed by atoms with E-state index in [9.17, 15) is 0 Å². The van der Waals surface area contributed by atoms with Crippen LogP contribution in [0.15, 0.2) is 36.9 Å². The number of anilines is 1. The summed E-state index contributed by atoms with van der Waals surface area (Å²) in [6.45, 7) is 9.11. The van der Waals surface area contributed by atoms with Gasteiger partial charge in [-0.25, -0.2) is 0 Å². The number of aryl methyl sites for hydroxylation is 1. The van der Waals surface area contributed by atoms with Crippen LogP contribution < -0.4 is 5.73 Å². The van der Waals surface area contributed by atoms with E-state index in [0.717, 1.165) is 38.2 Å². The molecule has 1 rings (SSSR count). The first-order chi connectivity index (χ1) is 7.77. The number of hydrogen-bond acceptors (Lipinski definition) is 2. The predicted octanol–water partition coefficient (Wildman–Crippen LogP) is 2.71. The van der Waals surface area contributed by atoms with Crippen molar-refractivity contribution in [1.29, 1.82) is 0 Å². The molecule has 2 N–H and O–H groups in total. The Labute approximate surface area is 98.8 Å². The second-order valence-corrected chi connectivity index (χ2v) is 3.98. The molecule has 0 aliphatic carbocycles.